The fourth-order valence-electron chi connectivity index (χ4n) is 3.22. The van der Waals surface area contributed by atoms with E-state index in [2.05, 4.69) is 67.8 Å². The molecule has 1 saturated heterocycles. The minimum absolute atomic E-state index is 0.211. The van der Waals surface area contributed by atoms with E-state index in [1.165, 1.54) is 11.1 Å². The van der Waals surface area contributed by atoms with Crippen molar-refractivity contribution in [1.82, 2.24) is 20.7 Å². The molecule has 0 radical (unpaired) electrons. The minimum Gasteiger partial charge on any atom is -0.297 e. The van der Waals surface area contributed by atoms with E-state index in [9.17, 15) is 9.59 Å². The van der Waals surface area contributed by atoms with Gasteiger partial charge in [-0.15, -0.1) is 0 Å². The van der Waals surface area contributed by atoms with Gasteiger partial charge < -0.3 is 0 Å². The maximum absolute atomic E-state index is 12.1. The quantitative estimate of drug-likeness (QED) is 0.694. The lowest BCUT2D eigenvalue weighted by Crippen LogP contribution is -2.51. The SMILES string of the molecule is Cc1cccc(CN2CCN(CC(=O)NNC(=O)c3ccc(Br)cc3)CC2)c1. The Morgan fingerprint density at radius 1 is 0.964 bits per heavy atom. The van der Waals surface area contributed by atoms with E-state index in [-0.39, 0.29) is 18.4 Å². The Labute approximate surface area is 174 Å². The summed E-state index contributed by atoms with van der Waals surface area (Å²) in [6.45, 7) is 6.83. The summed E-state index contributed by atoms with van der Waals surface area (Å²) in [5, 5.41) is 0. The molecule has 6 nitrogen and oxygen atoms in total. The van der Waals surface area contributed by atoms with Gasteiger partial charge in [0.2, 0.25) is 0 Å². The molecule has 2 aromatic rings. The highest BCUT2D eigenvalue weighted by molar-refractivity contribution is 9.10. The number of piperazine rings is 1. The third kappa shape index (κ3) is 6.15. The summed E-state index contributed by atoms with van der Waals surface area (Å²) in [5.41, 5.74) is 8.05. The first kappa shape index (κ1) is 20.5. The molecule has 1 aliphatic rings. The number of hydrogen-bond donors (Lipinski definition) is 2. The van der Waals surface area contributed by atoms with E-state index in [1.807, 2.05) is 0 Å². The number of benzene rings is 2. The third-order valence-electron chi connectivity index (χ3n) is 4.74. The number of nitrogens with zero attached hydrogens (tertiary/aromatic N) is 2. The Morgan fingerprint density at radius 3 is 2.32 bits per heavy atom. The number of hydrogen-bond acceptors (Lipinski definition) is 4. The number of halogens is 1. The molecule has 7 heteroatoms. The van der Waals surface area contributed by atoms with E-state index in [1.54, 1.807) is 24.3 Å². The first-order valence-corrected chi connectivity index (χ1v) is 10.1. The van der Waals surface area contributed by atoms with Crippen LogP contribution < -0.4 is 10.9 Å². The van der Waals surface area contributed by atoms with Gasteiger partial charge in [0.25, 0.3) is 11.8 Å². The zero-order valence-electron chi connectivity index (χ0n) is 16.0. The number of nitrogens with one attached hydrogen (secondary N) is 2. The van der Waals surface area contributed by atoms with Gasteiger partial charge in [0.1, 0.15) is 0 Å². The zero-order valence-corrected chi connectivity index (χ0v) is 17.5. The molecule has 1 aliphatic heterocycles. The van der Waals surface area contributed by atoms with Gasteiger partial charge in [-0.1, -0.05) is 45.8 Å². The molecule has 0 aliphatic carbocycles. The Morgan fingerprint density at radius 2 is 1.64 bits per heavy atom. The average Bonchev–Trinajstić information content (AvgIpc) is 2.68. The minimum atomic E-state index is -0.330. The van der Waals surface area contributed by atoms with Gasteiger partial charge in [-0.3, -0.25) is 30.2 Å². The van der Waals surface area contributed by atoms with Crippen LogP contribution in [0, 0.1) is 6.92 Å². The molecule has 2 amide bonds. The highest BCUT2D eigenvalue weighted by atomic mass is 79.9. The largest absolute Gasteiger partial charge is 0.297 e. The molecule has 0 aromatic heterocycles. The van der Waals surface area contributed by atoms with Gasteiger partial charge in [-0.05, 0) is 36.8 Å². The van der Waals surface area contributed by atoms with Crippen LogP contribution in [0.15, 0.2) is 53.0 Å². The van der Waals surface area contributed by atoms with E-state index in [0.29, 0.717) is 5.56 Å². The van der Waals surface area contributed by atoms with Crippen molar-refractivity contribution in [1.29, 1.82) is 0 Å². The Bertz CT molecular complexity index is 817. The predicted molar refractivity (Wildman–Crippen MR) is 113 cm³/mol. The maximum atomic E-state index is 12.1. The second-order valence-electron chi connectivity index (χ2n) is 7.05. The normalized spacial score (nSPS) is 15.2. The molecule has 0 saturated carbocycles. The molecular weight excluding hydrogens is 420 g/mol. The zero-order chi connectivity index (χ0) is 19.9. The number of rotatable bonds is 5. The summed E-state index contributed by atoms with van der Waals surface area (Å²) in [5.74, 6) is -0.540. The van der Waals surface area contributed by atoms with Crippen LogP contribution in [0.1, 0.15) is 21.5 Å². The monoisotopic (exact) mass is 444 g/mol. The molecule has 3 rings (SSSR count). The molecule has 1 fully saturated rings. The van der Waals surface area contributed by atoms with Gasteiger partial charge in [0.05, 0.1) is 6.54 Å². The van der Waals surface area contributed by atoms with Crippen molar-refractivity contribution in [2.45, 2.75) is 13.5 Å². The van der Waals surface area contributed by atoms with Crippen molar-refractivity contribution in [2.75, 3.05) is 32.7 Å². The average molecular weight is 445 g/mol. The van der Waals surface area contributed by atoms with Crippen molar-refractivity contribution in [2.24, 2.45) is 0 Å². The summed E-state index contributed by atoms with van der Waals surface area (Å²) in [6, 6.07) is 15.5. The lowest BCUT2D eigenvalue weighted by Gasteiger charge is -2.34. The van der Waals surface area contributed by atoms with Gasteiger partial charge in [0, 0.05) is 42.8 Å². The van der Waals surface area contributed by atoms with E-state index in [0.717, 1.165) is 37.2 Å². The number of amides is 2. The Balaban J connectivity index is 1.37. The van der Waals surface area contributed by atoms with Gasteiger partial charge >= 0.3 is 0 Å². The number of carbonyl (C=O) groups is 2. The van der Waals surface area contributed by atoms with Crippen molar-refractivity contribution in [3.63, 3.8) is 0 Å². The van der Waals surface area contributed by atoms with Crippen LogP contribution >= 0.6 is 15.9 Å². The van der Waals surface area contributed by atoms with Gasteiger partial charge in [-0.2, -0.15) is 0 Å². The second-order valence-corrected chi connectivity index (χ2v) is 7.97. The molecule has 2 N–H and O–H groups in total. The number of carbonyl (C=O) groups excluding carboxylic acids is 2. The summed E-state index contributed by atoms with van der Waals surface area (Å²) in [6.07, 6.45) is 0. The first-order valence-electron chi connectivity index (χ1n) is 9.34. The molecular formula is C21H25BrN4O2. The maximum Gasteiger partial charge on any atom is 0.269 e. The van der Waals surface area contributed by atoms with Crippen molar-refractivity contribution >= 4 is 27.7 Å². The van der Waals surface area contributed by atoms with Crippen molar-refractivity contribution in [3.8, 4) is 0 Å². The molecule has 0 spiro atoms. The van der Waals surface area contributed by atoms with E-state index >= 15 is 0 Å². The molecule has 0 atom stereocenters. The predicted octanol–water partition coefficient (Wildman–Crippen LogP) is 2.34. The smallest absolute Gasteiger partial charge is 0.269 e. The van der Waals surface area contributed by atoms with Crippen molar-refractivity contribution in [3.05, 3.63) is 69.7 Å². The highest BCUT2D eigenvalue weighted by Gasteiger charge is 2.19. The third-order valence-corrected chi connectivity index (χ3v) is 5.27. The van der Waals surface area contributed by atoms with Crippen LogP contribution in [0.3, 0.4) is 0 Å². The van der Waals surface area contributed by atoms with Crippen LogP contribution in [-0.2, 0) is 11.3 Å². The van der Waals surface area contributed by atoms with Crippen LogP contribution in [0.25, 0.3) is 0 Å². The van der Waals surface area contributed by atoms with Crippen LogP contribution in [0.4, 0.5) is 0 Å². The molecule has 2 aromatic carbocycles. The summed E-state index contributed by atoms with van der Waals surface area (Å²) < 4.78 is 0.898. The van der Waals surface area contributed by atoms with Crippen molar-refractivity contribution < 1.29 is 9.59 Å². The van der Waals surface area contributed by atoms with Crippen LogP contribution in [0.2, 0.25) is 0 Å². The van der Waals surface area contributed by atoms with Crippen LogP contribution in [0.5, 0.6) is 0 Å². The van der Waals surface area contributed by atoms with Gasteiger partial charge in [-0.25, -0.2) is 0 Å². The Kier molecular flexibility index (Phi) is 7.19. The number of hydrazine groups is 1. The summed E-state index contributed by atoms with van der Waals surface area (Å²) in [4.78, 5) is 28.7. The highest BCUT2D eigenvalue weighted by Crippen LogP contribution is 2.11. The van der Waals surface area contributed by atoms with E-state index < -0.39 is 0 Å². The lowest BCUT2D eigenvalue weighted by molar-refractivity contribution is -0.123. The van der Waals surface area contributed by atoms with E-state index in [4.69, 9.17) is 0 Å². The fourth-order valence-corrected chi connectivity index (χ4v) is 3.48. The topological polar surface area (TPSA) is 64.7 Å². The molecule has 0 bridgehead atoms. The Hall–Kier alpha value is -2.22. The fraction of sp³-hybridized carbons (Fsp3) is 0.333. The summed E-state index contributed by atoms with van der Waals surface area (Å²) in [7, 11) is 0. The lowest BCUT2D eigenvalue weighted by atomic mass is 10.1. The molecule has 0 unspecified atom stereocenters. The summed E-state index contributed by atoms with van der Waals surface area (Å²) >= 11 is 3.33. The first-order chi connectivity index (χ1) is 13.5. The van der Waals surface area contributed by atoms with Crippen LogP contribution in [-0.4, -0.2) is 54.3 Å². The molecule has 148 valence electrons. The molecule has 28 heavy (non-hydrogen) atoms. The standard InChI is InChI=1S/C21H25BrN4O2/c1-16-3-2-4-17(13-16)14-25-9-11-26(12-10-25)15-20(27)23-24-21(28)18-5-7-19(22)8-6-18/h2-8,13H,9-12,14-15H2,1H3,(H,23,27)(H,24,28). The molecule has 1 heterocycles. The van der Waals surface area contributed by atoms with Gasteiger partial charge in [0.15, 0.2) is 0 Å². The number of aryl methyl sites for hydroxylation is 1. The second kappa shape index (κ2) is 9.82.